The molecule has 27 heavy (non-hydrogen) atoms. The van der Waals surface area contributed by atoms with Gasteiger partial charge in [-0.25, -0.2) is 9.97 Å². The van der Waals surface area contributed by atoms with E-state index in [0.29, 0.717) is 22.2 Å². The van der Waals surface area contributed by atoms with Crippen molar-refractivity contribution in [3.8, 4) is 0 Å². The molecule has 1 N–H and O–H groups in total. The highest BCUT2D eigenvalue weighted by atomic mass is 35.5. The SMILES string of the molecule is Cc1nc(C(=O)Nc2ccc(Cl)cc2)cc(N2CCCc3ccccc32)n1. The van der Waals surface area contributed by atoms with E-state index in [2.05, 4.69) is 38.4 Å². The quantitative estimate of drug-likeness (QED) is 0.712. The Kier molecular flexibility index (Phi) is 4.77. The summed E-state index contributed by atoms with van der Waals surface area (Å²) in [6, 6.07) is 17.1. The maximum Gasteiger partial charge on any atom is 0.274 e. The van der Waals surface area contributed by atoms with Gasteiger partial charge in [-0.05, 0) is 55.7 Å². The number of anilines is 3. The maximum atomic E-state index is 12.7. The van der Waals surface area contributed by atoms with Crippen LogP contribution in [0.4, 0.5) is 17.2 Å². The van der Waals surface area contributed by atoms with Gasteiger partial charge in [0.2, 0.25) is 0 Å². The summed E-state index contributed by atoms with van der Waals surface area (Å²) in [6.07, 6.45) is 2.10. The standard InChI is InChI=1S/C21H19ClN4O/c1-14-23-18(21(27)25-17-10-8-16(22)9-11-17)13-20(24-14)26-12-4-6-15-5-2-3-7-19(15)26/h2-3,5,7-11,13H,4,6,12H2,1H3,(H,25,27). The first-order valence-electron chi connectivity index (χ1n) is 8.88. The van der Waals surface area contributed by atoms with Crippen LogP contribution in [-0.2, 0) is 6.42 Å². The molecule has 4 rings (SSSR count). The minimum atomic E-state index is -0.269. The lowest BCUT2D eigenvalue weighted by Crippen LogP contribution is -2.26. The van der Waals surface area contributed by atoms with Crippen molar-refractivity contribution in [1.29, 1.82) is 0 Å². The molecule has 2 heterocycles. The number of nitrogens with zero attached hydrogens (tertiary/aromatic N) is 3. The first kappa shape index (κ1) is 17.5. The van der Waals surface area contributed by atoms with Gasteiger partial charge in [0.25, 0.3) is 5.91 Å². The lowest BCUT2D eigenvalue weighted by molar-refractivity contribution is 0.102. The molecule has 5 nitrogen and oxygen atoms in total. The molecule has 0 saturated carbocycles. The van der Waals surface area contributed by atoms with Crippen molar-refractivity contribution in [2.75, 3.05) is 16.8 Å². The molecule has 1 aliphatic heterocycles. The van der Waals surface area contributed by atoms with Crippen LogP contribution in [0.1, 0.15) is 28.3 Å². The number of para-hydroxylation sites is 1. The number of hydrogen-bond acceptors (Lipinski definition) is 4. The number of benzene rings is 2. The van der Waals surface area contributed by atoms with Gasteiger partial charge in [-0.15, -0.1) is 0 Å². The molecule has 2 aromatic carbocycles. The number of rotatable bonds is 3. The van der Waals surface area contributed by atoms with E-state index >= 15 is 0 Å². The number of halogens is 1. The van der Waals surface area contributed by atoms with Gasteiger partial charge in [0.05, 0.1) is 0 Å². The van der Waals surface area contributed by atoms with Crippen molar-refractivity contribution < 1.29 is 4.79 Å². The number of hydrogen-bond donors (Lipinski definition) is 1. The molecule has 1 aromatic heterocycles. The van der Waals surface area contributed by atoms with Crippen LogP contribution in [0.15, 0.2) is 54.6 Å². The molecular weight excluding hydrogens is 360 g/mol. The molecule has 0 spiro atoms. The smallest absolute Gasteiger partial charge is 0.274 e. The molecule has 0 atom stereocenters. The lowest BCUT2D eigenvalue weighted by atomic mass is 10.0. The van der Waals surface area contributed by atoms with Gasteiger partial charge < -0.3 is 10.2 Å². The summed E-state index contributed by atoms with van der Waals surface area (Å²) in [5.74, 6) is 1.04. The molecule has 0 bridgehead atoms. The summed E-state index contributed by atoms with van der Waals surface area (Å²) in [4.78, 5) is 23.7. The number of aromatic nitrogens is 2. The van der Waals surface area contributed by atoms with Crippen molar-refractivity contribution in [3.63, 3.8) is 0 Å². The van der Waals surface area contributed by atoms with E-state index < -0.39 is 0 Å². The monoisotopic (exact) mass is 378 g/mol. The van der Waals surface area contributed by atoms with Crippen LogP contribution in [0.5, 0.6) is 0 Å². The summed E-state index contributed by atoms with van der Waals surface area (Å²) in [6.45, 7) is 2.67. The predicted octanol–water partition coefficient (Wildman–Crippen LogP) is 4.78. The van der Waals surface area contributed by atoms with Crippen molar-refractivity contribution in [1.82, 2.24) is 9.97 Å². The summed E-state index contributed by atoms with van der Waals surface area (Å²) >= 11 is 5.90. The first-order chi connectivity index (χ1) is 13.1. The second-order valence-corrected chi connectivity index (χ2v) is 6.94. The molecule has 3 aromatic rings. The zero-order chi connectivity index (χ0) is 18.8. The summed E-state index contributed by atoms with van der Waals surface area (Å²) in [7, 11) is 0. The first-order valence-corrected chi connectivity index (χ1v) is 9.26. The Balaban J connectivity index is 1.64. The van der Waals surface area contributed by atoms with E-state index in [4.69, 9.17) is 11.6 Å². The zero-order valence-corrected chi connectivity index (χ0v) is 15.7. The van der Waals surface area contributed by atoms with Gasteiger partial charge in [-0.3, -0.25) is 4.79 Å². The molecule has 0 radical (unpaired) electrons. The van der Waals surface area contributed by atoms with E-state index in [1.807, 2.05) is 6.07 Å². The Bertz CT molecular complexity index is 988. The normalized spacial score (nSPS) is 13.2. The van der Waals surface area contributed by atoms with E-state index in [9.17, 15) is 4.79 Å². The summed E-state index contributed by atoms with van der Waals surface area (Å²) < 4.78 is 0. The summed E-state index contributed by atoms with van der Waals surface area (Å²) in [5, 5.41) is 3.48. The number of aryl methyl sites for hydroxylation is 2. The Morgan fingerprint density at radius 1 is 1.11 bits per heavy atom. The average molecular weight is 379 g/mol. The van der Waals surface area contributed by atoms with Crippen LogP contribution in [-0.4, -0.2) is 22.4 Å². The third-order valence-electron chi connectivity index (χ3n) is 4.55. The molecule has 136 valence electrons. The van der Waals surface area contributed by atoms with Gasteiger partial charge in [0.1, 0.15) is 17.3 Å². The number of carbonyl (C=O) groups is 1. The van der Waals surface area contributed by atoms with Gasteiger partial charge in [0, 0.05) is 29.0 Å². The van der Waals surface area contributed by atoms with Crippen LogP contribution in [0.3, 0.4) is 0 Å². The molecule has 0 aliphatic carbocycles. The van der Waals surface area contributed by atoms with Crippen molar-refractivity contribution in [2.45, 2.75) is 19.8 Å². The topological polar surface area (TPSA) is 58.1 Å². The Hall–Kier alpha value is -2.92. The summed E-state index contributed by atoms with van der Waals surface area (Å²) in [5.41, 5.74) is 3.46. The highest BCUT2D eigenvalue weighted by Gasteiger charge is 2.21. The van der Waals surface area contributed by atoms with E-state index in [1.54, 1.807) is 37.3 Å². The Morgan fingerprint density at radius 3 is 2.70 bits per heavy atom. The van der Waals surface area contributed by atoms with Gasteiger partial charge in [-0.1, -0.05) is 29.8 Å². The van der Waals surface area contributed by atoms with Crippen molar-refractivity contribution in [3.05, 3.63) is 76.7 Å². The van der Waals surface area contributed by atoms with Crippen LogP contribution in [0.25, 0.3) is 0 Å². The fourth-order valence-electron chi connectivity index (χ4n) is 3.31. The number of carbonyl (C=O) groups excluding carboxylic acids is 1. The fraction of sp³-hybridized carbons (Fsp3) is 0.190. The van der Waals surface area contributed by atoms with Crippen molar-refractivity contribution in [2.24, 2.45) is 0 Å². The maximum absolute atomic E-state index is 12.7. The van der Waals surface area contributed by atoms with Crippen molar-refractivity contribution >= 4 is 34.7 Å². The third kappa shape index (κ3) is 3.78. The molecule has 1 amide bonds. The molecule has 0 saturated heterocycles. The van der Waals surface area contributed by atoms with E-state index in [0.717, 1.165) is 30.9 Å². The van der Waals surface area contributed by atoms with Gasteiger partial charge >= 0.3 is 0 Å². The van der Waals surface area contributed by atoms with E-state index in [1.165, 1.54) is 5.56 Å². The molecule has 0 unspecified atom stereocenters. The molecule has 0 fully saturated rings. The van der Waals surface area contributed by atoms with Gasteiger partial charge in [0.15, 0.2) is 0 Å². The molecule has 1 aliphatic rings. The second kappa shape index (κ2) is 7.37. The number of amides is 1. The fourth-order valence-corrected chi connectivity index (χ4v) is 3.43. The minimum absolute atomic E-state index is 0.269. The molecular formula is C21H19ClN4O. The van der Waals surface area contributed by atoms with Crippen LogP contribution in [0.2, 0.25) is 5.02 Å². The van der Waals surface area contributed by atoms with Crippen LogP contribution in [0, 0.1) is 6.92 Å². The highest BCUT2D eigenvalue weighted by molar-refractivity contribution is 6.30. The zero-order valence-electron chi connectivity index (χ0n) is 14.9. The number of nitrogens with one attached hydrogen (secondary N) is 1. The largest absolute Gasteiger partial charge is 0.326 e. The Labute approximate surface area is 163 Å². The van der Waals surface area contributed by atoms with Crippen LogP contribution >= 0.6 is 11.6 Å². The predicted molar refractivity (Wildman–Crippen MR) is 108 cm³/mol. The highest BCUT2D eigenvalue weighted by Crippen LogP contribution is 2.32. The minimum Gasteiger partial charge on any atom is -0.326 e. The second-order valence-electron chi connectivity index (χ2n) is 6.50. The van der Waals surface area contributed by atoms with Crippen LogP contribution < -0.4 is 10.2 Å². The number of fused-ring (bicyclic) bond motifs is 1. The average Bonchev–Trinajstić information content (AvgIpc) is 2.69. The third-order valence-corrected chi connectivity index (χ3v) is 4.80. The Morgan fingerprint density at radius 2 is 1.89 bits per heavy atom. The lowest BCUT2D eigenvalue weighted by Gasteiger charge is -2.30. The molecule has 6 heteroatoms. The van der Waals surface area contributed by atoms with E-state index in [-0.39, 0.29) is 5.91 Å². The van der Waals surface area contributed by atoms with Gasteiger partial charge in [-0.2, -0.15) is 0 Å².